The Bertz CT molecular complexity index is 928. The molecule has 0 spiro atoms. The molecule has 0 unspecified atom stereocenters. The Labute approximate surface area is 170 Å². The number of nitrogens with one attached hydrogen (secondary N) is 2. The maximum atomic E-state index is 12.7. The van der Waals surface area contributed by atoms with Crippen LogP contribution in [0.3, 0.4) is 0 Å². The van der Waals surface area contributed by atoms with Crippen molar-refractivity contribution < 1.29 is 14.4 Å². The second-order valence-electron chi connectivity index (χ2n) is 8.19. The van der Waals surface area contributed by atoms with Gasteiger partial charge in [-0.1, -0.05) is 31.2 Å². The highest BCUT2D eigenvalue weighted by Gasteiger charge is 2.35. The lowest BCUT2D eigenvalue weighted by Crippen LogP contribution is -2.42. The molecule has 1 saturated heterocycles. The number of imide groups is 1. The summed E-state index contributed by atoms with van der Waals surface area (Å²) < 4.78 is 0. The molecule has 1 fully saturated rings. The Morgan fingerprint density at radius 2 is 1.69 bits per heavy atom. The molecule has 2 aromatic rings. The quantitative estimate of drug-likeness (QED) is 0.768. The summed E-state index contributed by atoms with van der Waals surface area (Å²) in [6, 6.07) is 14.0. The summed E-state index contributed by atoms with van der Waals surface area (Å²) in [6.45, 7) is 4.93. The van der Waals surface area contributed by atoms with Gasteiger partial charge >= 0.3 is 0 Å². The molecule has 6 nitrogen and oxygen atoms in total. The Hall–Kier alpha value is -2.99. The van der Waals surface area contributed by atoms with Crippen LogP contribution in [-0.4, -0.2) is 42.3 Å². The zero-order chi connectivity index (χ0) is 20.4. The Balaban J connectivity index is 1.43. The molecule has 0 radical (unpaired) electrons. The molecule has 0 bridgehead atoms. The molecular formula is C23H25N3O3. The molecular weight excluding hydrogens is 366 g/mol. The molecule has 150 valence electrons. The minimum atomic E-state index is -0.292. The van der Waals surface area contributed by atoms with E-state index in [-0.39, 0.29) is 29.7 Å². The van der Waals surface area contributed by atoms with Crippen LogP contribution < -0.4 is 10.6 Å². The lowest BCUT2D eigenvalue weighted by atomic mass is 9.81. The summed E-state index contributed by atoms with van der Waals surface area (Å²) in [7, 11) is 0. The maximum absolute atomic E-state index is 12.7. The van der Waals surface area contributed by atoms with Crippen molar-refractivity contribution in [1.82, 2.24) is 15.5 Å². The molecule has 3 amide bonds. The van der Waals surface area contributed by atoms with E-state index in [0.717, 1.165) is 31.5 Å². The summed E-state index contributed by atoms with van der Waals surface area (Å²) >= 11 is 0. The topological polar surface area (TPSA) is 78.5 Å². The number of rotatable bonds is 5. The highest BCUT2D eigenvalue weighted by atomic mass is 16.2. The molecule has 2 aromatic carbocycles. The largest absolute Gasteiger partial charge is 0.351 e. The number of carbonyl (C=O) groups is 3. The molecule has 0 aliphatic carbocycles. The van der Waals surface area contributed by atoms with Gasteiger partial charge in [-0.25, -0.2) is 0 Å². The summed E-state index contributed by atoms with van der Waals surface area (Å²) in [5.41, 5.74) is 2.26. The lowest BCUT2D eigenvalue weighted by molar-refractivity contribution is 0.0642. The van der Waals surface area contributed by atoms with E-state index >= 15 is 0 Å². The molecule has 2 heterocycles. The van der Waals surface area contributed by atoms with Crippen LogP contribution in [0.15, 0.2) is 48.5 Å². The summed E-state index contributed by atoms with van der Waals surface area (Å²) in [5, 5.41) is 6.39. The van der Waals surface area contributed by atoms with Crippen molar-refractivity contribution in [3.8, 4) is 0 Å². The Morgan fingerprint density at radius 1 is 1.03 bits per heavy atom. The standard InChI is InChI=1S/C23H25N3O3/c1-23(9-11-24-12-10-23)15-25-20(27)17-6-4-5-16(13-17)14-26-21(28)18-7-2-3-8-19(18)22(26)29/h2-8,13,24H,9-12,14-15H2,1H3,(H,25,27). The van der Waals surface area contributed by atoms with E-state index in [1.807, 2.05) is 6.07 Å². The zero-order valence-corrected chi connectivity index (χ0v) is 16.5. The normalized spacial score (nSPS) is 17.9. The predicted molar refractivity (Wildman–Crippen MR) is 110 cm³/mol. The van der Waals surface area contributed by atoms with Gasteiger partial charge in [-0.15, -0.1) is 0 Å². The molecule has 0 atom stereocenters. The second kappa shape index (κ2) is 7.79. The number of amides is 3. The molecule has 6 heteroatoms. The van der Waals surface area contributed by atoms with E-state index in [2.05, 4.69) is 17.6 Å². The number of hydrogen-bond donors (Lipinski definition) is 2. The van der Waals surface area contributed by atoms with Crippen molar-refractivity contribution in [2.24, 2.45) is 5.41 Å². The molecule has 2 N–H and O–H groups in total. The monoisotopic (exact) mass is 391 g/mol. The third-order valence-electron chi connectivity index (χ3n) is 5.89. The van der Waals surface area contributed by atoms with Crippen molar-refractivity contribution in [3.05, 3.63) is 70.8 Å². The van der Waals surface area contributed by atoms with Crippen LogP contribution in [-0.2, 0) is 6.54 Å². The van der Waals surface area contributed by atoms with E-state index in [0.29, 0.717) is 23.2 Å². The smallest absolute Gasteiger partial charge is 0.261 e. The first-order valence-corrected chi connectivity index (χ1v) is 10.00. The van der Waals surface area contributed by atoms with Crippen LogP contribution in [0.4, 0.5) is 0 Å². The number of benzene rings is 2. The molecule has 4 rings (SSSR count). The lowest BCUT2D eigenvalue weighted by Gasteiger charge is -2.34. The minimum absolute atomic E-state index is 0.110. The van der Waals surface area contributed by atoms with Crippen molar-refractivity contribution >= 4 is 17.7 Å². The summed E-state index contributed by atoms with van der Waals surface area (Å²) in [6.07, 6.45) is 2.07. The van der Waals surface area contributed by atoms with Gasteiger partial charge in [0, 0.05) is 12.1 Å². The summed E-state index contributed by atoms with van der Waals surface area (Å²) in [4.78, 5) is 39.0. The number of nitrogens with zero attached hydrogens (tertiary/aromatic N) is 1. The average molecular weight is 391 g/mol. The number of fused-ring (bicyclic) bond motifs is 1. The van der Waals surface area contributed by atoms with E-state index in [9.17, 15) is 14.4 Å². The van der Waals surface area contributed by atoms with Crippen molar-refractivity contribution in [2.75, 3.05) is 19.6 Å². The molecule has 2 aliphatic heterocycles. The van der Waals surface area contributed by atoms with E-state index in [1.165, 1.54) is 4.90 Å². The van der Waals surface area contributed by atoms with Gasteiger partial charge in [-0.3, -0.25) is 19.3 Å². The van der Waals surface area contributed by atoms with Gasteiger partial charge in [0.2, 0.25) is 0 Å². The number of piperidine rings is 1. The van der Waals surface area contributed by atoms with E-state index in [4.69, 9.17) is 0 Å². The third kappa shape index (κ3) is 3.93. The van der Waals surface area contributed by atoms with Crippen LogP contribution in [0.25, 0.3) is 0 Å². The van der Waals surface area contributed by atoms with Gasteiger partial charge < -0.3 is 10.6 Å². The average Bonchev–Trinajstić information content (AvgIpc) is 2.98. The highest BCUT2D eigenvalue weighted by Crippen LogP contribution is 2.27. The first-order valence-electron chi connectivity index (χ1n) is 10.00. The number of carbonyl (C=O) groups excluding carboxylic acids is 3. The van der Waals surface area contributed by atoms with Crippen LogP contribution in [0.2, 0.25) is 0 Å². The SMILES string of the molecule is CC1(CNC(=O)c2cccc(CN3C(=O)c4ccccc4C3=O)c2)CCNCC1. The first kappa shape index (κ1) is 19.3. The highest BCUT2D eigenvalue weighted by molar-refractivity contribution is 6.21. The molecule has 0 aromatic heterocycles. The van der Waals surface area contributed by atoms with E-state index in [1.54, 1.807) is 42.5 Å². The van der Waals surface area contributed by atoms with Crippen LogP contribution in [0.1, 0.15) is 56.4 Å². The molecule has 0 saturated carbocycles. The molecule has 2 aliphatic rings. The fourth-order valence-corrected chi connectivity index (χ4v) is 3.98. The van der Waals surface area contributed by atoms with Gasteiger partial charge in [0.25, 0.3) is 17.7 Å². The summed E-state index contributed by atoms with van der Waals surface area (Å²) in [5.74, 6) is -0.715. The zero-order valence-electron chi connectivity index (χ0n) is 16.5. The van der Waals surface area contributed by atoms with Gasteiger partial charge in [0.1, 0.15) is 0 Å². The fourth-order valence-electron chi connectivity index (χ4n) is 3.98. The van der Waals surface area contributed by atoms with Crippen molar-refractivity contribution in [1.29, 1.82) is 0 Å². The van der Waals surface area contributed by atoms with Gasteiger partial charge in [-0.2, -0.15) is 0 Å². The Morgan fingerprint density at radius 3 is 2.34 bits per heavy atom. The number of hydrogen-bond acceptors (Lipinski definition) is 4. The van der Waals surface area contributed by atoms with Gasteiger partial charge in [0.15, 0.2) is 0 Å². The first-order chi connectivity index (χ1) is 14.0. The van der Waals surface area contributed by atoms with Crippen LogP contribution in [0.5, 0.6) is 0 Å². The predicted octanol–water partition coefficient (Wildman–Crippen LogP) is 2.60. The second-order valence-corrected chi connectivity index (χ2v) is 8.19. The van der Waals surface area contributed by atoms with Crippen LogP contribution >= 0.6 is 0 Å². The van der Waals surface area contributed by atoms with Gasteiger partial charge in [0.05, 0.1) is 17.7 Å². The van der Waals surface area contributed by atoms with Crippen LogP contribution in [0, 0.1) is 5.41 Å². The molecule has 29 heavy (non-hydrogen) atoms. The maximum Gasteiger partial charge on any atom is 0.261 e. The van der Waals surface area contributed by atoms with E-state index < -0.39 is 0 Å². The third-order valence-corrected chi connectivity index (χ3v) is 5.89. The van der Waals surface area contributed by atoms with Crippen molar-refractivity contribution in [3.63, 3.8) is 0 Å². The fraction of sp³-hybridized carbons (Fsp3) is 0.348. The van der Waals surface area contributed by atoms with Crippen molar-refractivity contribution in [2.45, 2.75) is 26.3 Å². The Kier molecular flexibility index (Phi) is 5.20. The minimum Gasteiger partial charge on any atom is -0.351 e. The van der Waals surface area contributed by atoms with Gasteiger partial charge in [-0.05, 0) is 61.2 Å².